The van der Waals surface area contributed by atoms with Gasteiger partial charge >= 0.3 is 6.18 Å². The molecule has 118 valence electrons. The lowest BCUT2D eigenvalue weighted by molar-refractivity contribution is -0.141. The second-order valence-corrected chi connectivity index (χ2v) is 4.92. The highest BCUT2D eigenvalue weighted by Crippen LogP contribution is 2.33. The lowest BCUT2D eigenvalue weighted by atomic mass is 10.1. The van der Waals surface area contributed by atoms with Gasteiger partial charge in [-0.25, -0.2) is 9.07 Å². The summed E-state index contributed by atoms with van der Waals surface area (Å²) in [6.07, 6.45) is -4.58. The molecule has 1 aromatic heterocycles. The summed E-state index contributed by atoms with van der Waals surface area (Å²) in [6, 6.07) is 12.4. The van der Waals surface area contributed by atoms with Crippen molar-refractivity contribution in [2.45, 2.75) is 6.18 Å². The van der Waals surface area contributed by atoms with Gasteiger partial charge in [0.2, 0.25) is 0 Å². The summed E-state index contributed by atoms with van der Waals surface area (Å²) in [6.45, 7) is 0. The molecule has 0 fully saturated rings. The van der Waals surface area contributed by atoms with Crippen LogP contribution in [0.3, 0.4) is 0 Å². The maximum Gasteiger partial charge on any atom is 0.435 e. The molecular formula is C16H11F4N3. The van der Waals surface area contributed by atoms with Gasteiger partial charge in [-0.1, -0.05) is 0 Å². The molecule has 2 aromatic carbocycles. The Hall–Kier alpha value is -2.83. The van der Waals surface area contributed by atoms with Crippen molar-refractivity contribution in [2.75, 3.05) is 5.73 Å². The Morgan fingerprint density at radius 3 is 2.09 bits per heavy atom. The number of rotatable bonds is 2. The summed E-state index contributed by atoms with van der Waals surface area (Å²) in [5.41, 5.74) is 6.12. The molecule has 0 saturated heterocycles. The molecule has 1 heterocycles. The smallest absolute Gasteiger partial charge is 0.399 e. The number of nitrogen functional groups attached to an aromatic ring is 1. The number of aromatic nitrogens is 2. The third-order valence-electron chi connectivity index (χ3n) is 3.28. The van der Waals surface area contributed by atoms with Gasteiger partial charge in [-0.15, -0.1) is 0 Å². The van der Waals surface area contributed by atoms with Crippen LogP contribution in [0.1, 0.15) is 5.69 Å². The van der Waals surface area contributed by atoms with Gasteiger partial charge in [-0.2, -0.15) is 18.3 Å². The quantitative estimate of drug-likeness (QED) is 0.565. The van der Waals surface area contributed by atoms with Gasteiger partial charge in [0, 0.05) is 11.3 Å². The summed E-state index contributed by atoms with van der Waals surface area (Å²) in [5, 5.41) is 3.64. The maximum absolute atomic E-state index is 13.0. The molecule has 23 heavy (non-hydrogen) atoms. The van der Waals surface area contributed by atoms with E-state index in [-0.39, 0.29) is 5.69 Å². The topological polar surface area (TPSA) is 43.8 Å². The fourth-order valence-electron chi connectivity index (χ4n) is 2.16. The highest BCUT2D eigenvalue weighted by Gasteiger charge is 2.35. The molecular weight excluding hydrogens is 310 g/mol. The molecule has 3 aromatic rings. The van der Waals surface area contributed by atoms with Crippen LogP contribution in [0.5, 0.6) is 0 Å². The molecule has 0 unspecified atom stereocenters. The summed E-state index contributed by atoms with van der Waals surface area (Å²) >= 11 is 0. The second kappa shape index (κ2) is 5.42. The van der Waals surface area contributed by atoms with Crippen LogP contribution in [-0.2, 0) is 6.18 Å². The van der Waals surface area contributed by atoms with E-state index >= 15 is 0 Å². The Bertz CT molecular complexity index is 755. The first-order valence-electron chi connectivity index (χ1n) is 6.64. The first-order valence-corrected chi connectivity index (χ1v) is 6.64. The number of nitrogens with zero attached hydrogens (tertiary/aromatic N) is 2. The third kappa shape index (κ3) is 3.03. The minimum atomic E-state index is -4.58. The lowest BCUT2D eigenvalue weighted by Crippen LogP contribution is -2.07. The standard InChI is InChI=1S/C16H11F4N3/c17-11-3-1-10(2-4-11)14-9-15(16(18,19)20)22-23(14)13-7-5-12(21)6-8-13/h1-9H,21H2. The largest absolute Gasteiger partial charge is 0.435 e. The van der Waals surface area contributed by atoms with Gasteiger partial charge in [0.25, 0.3) is 0 Å². The van der Waals surface area contributed by atoms with Gasteiger partial charge in [0.15, 0.2) is 5.69 Å². The number of hydrogen-bond donors (Lipinski definition) is 1. The SMILES string of the molecule is Nc1ccc(-n2nc(C(F)(F)F)cc2-c2ccc(F)cc2)cc1. The van der Waals surface area contributed by atoms with Crippen molar-refractivity contribution in [2.24, 2.45) is 0 Å². The first kappa shape index (κ1) is 15.1. The van der Waals surface area contributed by atoms with E-state index in [4.69, 9.17) is 5.73 Å². The molecule has 0 aliphatic heterocycles. The average molecular weight is 321 g/mol. The Labute approximate surface area is 129 Å². The van der Waals surface area contributed by atoms with Crippen LogP contribution < -0.4 is 5.73 Å². The van der Waals surface area contributed by atoms with Crippen molar-refractivity contribution >= 4 is 5.69 Å². The molecule has 3 rings (SSSR count). The van der Waals surface area contributed by atoms with Gasteiger partial charge in [-0.05, 0) is 54.6 Å². The van der Waals surface area contributed by atoms with Crippen LogP contribution in [0.4, 0.5) is 23.2 Å². The highest BCUT2D eigenvalue weighted by atomic mass is 19.4. The first-order chi connectivity index (χ1) is 10.8. The number of nitrogens with two attached hydrogens (primary N) is 1. The van der Waals surface area contributed by atoms with E-state index in [1.807, 2.05) is 0 Å². The van der Waals surface area contributed by atoms with Crippen LogP contribution in [0, 0.1) is 5.82 Å². The van der Waals surface area contributed by atoms with E-state index in [1.54, 1.807) is 24.3 Å². The molecule has 2 N–H and O–H groups in total. The van der Waals surface area contributed by atoms with Gasteiger partial charge in [-0.3, -0.25) is 0 Å². The summed E-state index contributed by atoms with van der Waals surface area (Å²) in [4.78, 5) is 0. The van der Waals surface area contributed by atoms with E-state index in [2.05, 4.69) is 5.10 Å². The van der Waals surface area contributed by atoms with Crippen molar-refractivity contribution in [3.8, 4) is 16.9 Å². The van der Waals surface area contributed by atoms with Crippen LogP contribution in [0.2, 0.25) is 0 Å². The predicted octanol–water partition coefficient (Wildman–Crippen LogP) is 4.28. The molecule has 0 amide bonds. The summed E-state index contributed by atoms with van der Waals surface area (Å²) in [5.74, 6) is -0.469. The predicted molar refractivity (Wildman–Crippen MR) is 78.4 cm³/mol. The third-order valence-corrected chi connectivity index (χ3v) is 3.28. The fraction of sp³-hybridized carbons (Fsp3) is 0.0625. The molecule has 0 spiro atoms. The second-order valence-electron chi connectivity index (χ2n) is 4.92. The fourth-order valence-corrected chi connectivity index (χ4v) is 2.16. The molecule has 0 saturated carbocycles. The van der Waals surface area contributed by atoms with E-state index in [0.29, 0.717) is 16.9 Å². The number of halogens is 4. The van der Waals surface area contributed by atoms with Crippen molar-refractivity contribution in [3.63, 3.8) is 0 Å². The minimum absolute atomic E-state index is 0.210. The molecule has 0 radical (unpaired) electrons. The van der Waals surface area contributed by atoms with Crippen molar-refractivity contribution in [3.05, 3.63) is 66.1 Å². The molecule has 3 nitrogen and oxygen atoms in total. The van der Waals surface area contributed by atoms with E-state index in [9.17, 15) is 17.6 Å². The Balaban J connectivity index is 2.18. The normalized spacial score (nSPS) is 11.7. The Morgan fingerprint density at radius 2 is 1.52 bits per heavy atom. The monoisotopic (exact) mass is 321 g/mol. The van der Waals surface area contributed by atoms with Crippen LogP contribution >= 0.6 is 0 Å². The van der Waals surface area contributed by atoms with Crippen LogP contribution in [-0.4, -0.2) is 9.78 Å². The zero-order chi connectivity index (χ0) is 16.6. The van der Waals surface area contributed by atoms with Gasteiger partial charge in [0.1, 0.15) is 5.82 Å². The zero-order valence-corrected chi connectivity index (χ0v) is 11.7. The minimum Gasteiger partial charge on any atom is -0.399 e. The number of alkyl halides is 3. The Morgan fingerprint density at radius 1 is 0.913 bits per heavy atom. The van der Waals surface area contributed by atoms with Crippen molar-refractivity contribution in [1.29, 1.82) is 0 Å². The van der Waals surface area contributed by atoms with E-state index < -0.39 is 17.7 Å². The number of hydrogen-bond acceptors (Lipinski definition) is 2. The number of anilines is 1. The van der Waals surface area contributed by atoms with Gasteiger partial charge in [0.05, 0.1) is 11.4 Å². The Kier molecular flexibility index (Phi) is 3.55. The zero-order valence-electron chi connectivity index (χ0n) is 11.7. The van der Waals surface area contributed by atoms with Crippen LogP contribution in [0.15, 0.2) is 54.6 Å². The van der Waals surface area contributed by atoms with Gasteiger partial charge < -0.3 is 5.73 Å². The molecule has 7 heteroatoms. The molecule has 0 aliphatic carbocycles. The van der Waals surface area contributed by atoms with E-state index in [0.717, 1.165) is 10.7 Å². The summed E-state index contributed by atoms with van der Waals surface area (Å²) < 4.78 is 53.2. The highest BCUT2D eigenvalue weighted by molar-refractivity contribution is 5.63. The lowest BCUT2D eigenvalue weighted by Gasteiger charge is -2.08. The van der Waals surface area contributed by atoms with Crippen molar-refractivity contribution in [1.82, 2.24) is 9.78 Å². The molecule has 0 aliphatic rings. The molecule has 0 atom stereocenters. The maximum atomic E-state index is 13.0. The van der Waals surface area contributed by atoms with Crippen molar-refractivity contribution < 1.29 is 17.6 Å². The average Bonchev–Trinajstić information content (AvgIpc) is 2.94. The van der Waals surface area contributed by atoms with E-state index in [1.165, 1.54) is 24.3 Å². The summed E-state index contributed by atoms with van der Waals surface area (Å²) in [7, 11) is 0. The van der Waals surface area contributed by atoms with Crippen LogP contribution in [0.25, 0.3) is 16.9 Å². The number of benzene rings is 2. The molecule has 0 bridgehead atoms.